The summed E-state index contributed by atoms with van der Waals surface area (Å²) in [5, 5.41) is 47.3. The van der Waals surface area contributed by atoms with Crippen molar-refractivity contribution in [2.45, 2.75) is 43.5 Å². The van der Waals surface area contributed by atoms with Gasteiger partial charge in [0.25, 0.3) is 0 Å². The number of fused-ring (bicyclic) bond motifs is 1. The normalized spacial score (nSPS) is 21.6. The van der Waals surface area contributed by atoms with Crippen LogP contribution in [0.4, 0.5) is 5.82 Å². The molecule has 1 aliphatic rings. The average molecular weight is 564 g/mol. The van der Waals surface area contributed by atoms with Gasteiger partial charge in [-0.15, -0.1) is 10.2 Å². The van der Waals surface area contributed by atoms with E-state index in [4.69, 9.17) is 16.3 Å². The molecule has 13 nitrogen and oxygen atoms in total. The fraction of sp³-hybridized carbons (Fsp3) is 0.308. The van der Waals surface area contributed by atoms with Crippen molar-refractivity contribution in [1.82, 2.24) is 39.7 Å². The van der Waals surface area contributed by atoms with Crippen molar-refractivity contribution < 1.29 is 20.1 Å². The molecule has 0 amide bonds. The van der Waals surface area contributed by atoms with Gasteiger partial charge in [-0.3, -0.25) is 4.57 Å². The summed E-state index contributed by atoms with van der Waals surface area (Å²) in [7, 11) is 0. The molecule has 1 fully saturated rings. The highest BCUT2D eigenvalue weighted by Gasteiger charge is 2.47. The standard InChI is InChI=1S/C26H26ClN9O4/c27-26-30-22(29-17(13-37)11-15-7-3-1-4-8-15)18-24(31-26)35(14-28-18)25-20(39)19(38)21(40-25)23-32-34-36(33-23)12-16-9-5-2-6-10-16/h1-10,14,17,19-21,25,37-39H,11-13H2,(H,29,30,31)/t17-,19-,20+,21-,25+/m0/s1. The summed E-state index contributed by atoms with van der Waals surface area (Å²) >= 11 is 6.26. The lowest BCUT2D eigenvalue weighted by Gasteiger charge is -2.18. The van der Waals surface area contributed by atoms with Crippen LogP contribution in [0.3, 0.4) is 0 Å². The van der Waals surface area contributed by atoms with Gasteiger partial charge in [-0.2, -0.15) is 14.8 Å². The molecule has 1 saturated heterocycles. The third-order valence-electron chi connectivity index (χ3n) is 6.68. The number of halogens is 1. The van der Waals surface area contributed by atoms with Crippen LogP contribution in [0.2, 0.25) is 5.28 Å². The zero-order chi connectivity index (χ0) is 27.6. The maximum atomic E-state index is 10.9. The Morgan fingerprint density at radius 3 is 2.42 bits per heavy atom. The molecule has 6 rings (SSSR count). The molecule has 0 saturated carbocycles. The summed E-state index contributed by atoms with van der Waals surface area (Å²) in [6, 6.07) is 19.0. The number of tetrazole rings is 1. The van der Waals surface area contributed by atoms with E-state index >= 15 is 0 Å². The van der Waals surface area contributed by atoms with Gasteiger partial charge in [0, 0.05) is 0 Å². The van der Waals surface area contributed by atoms with E-state index in [1.54, 1.807) is 0 Å². The number of aliphatic hydroxyl groups is 3. The van der Waals surface area contributed by atoms with Crippen LogP contribution < -0.4 is 5.32 Å². The number of hydrogen-bond acceptors (Lipinski definition) is 11. The summed E-state index contributed by atoms with van der Waals surface area (Å²) in [6.07, 6.45) is -2.83. The first kappa shape index (κ1) is 26.2. The van der Waals surface area contributed by atoms with Crippen LogP contribution in [0.1, 0.15) is 29.3 Å². The molecule has 0 bridgehead atoms. The first-order valence-electron chi connectivity index (χ1n) is 12.6. The molecular weight excluding hydrogens is 538 g/mol. The highest BCUT2D eigenvalue weighted by atomic mass is 35.5. The summed E-state index contributed by atoms with van der Waals surface area (Å²) < 4.78 is 7.50. The van der Waals surface area contributed by atoms with Gasteiger partial charge in [-0.25, -0.2) is 4.98 Å². The molecule has 14 heteroatoms. The maximum Gasteiger partial charge on any atom is 0.226 e. The zero-order valence-electron chi connectivity index (χ0n) is 21.1. The number of aliphatic hydroxyl groups excluding tert-OH is 3. The summed E-state index contributed by atoms with van der Waals surface area (Å²) in [5.41, 5.74) is 2.65. The maximum absolute atomic E-state index is 10.9. The number of nitrogens with one attached hydrogen (secondary N) is 1. The Morgan fingerprint density at radius 1 is 0.975 bits per heavy atom. The third-order valence-corrected chi connectivity index (χ3v) is 6.85. The number of imidazole rings is 1. The summed E-state index contributed by atoms with van der Waals surface area (Å²) in [4.78, 5) is 14.4. The number of hydrogen-bond donors (Lipinski definition) is 4. The molecule has 0 aliphatic carbocycles. The van der Waals surface area contributed by atoms with Gasteiger partial charge in [0.2, 0.25) is 11.1 Å². The van der Waals surface area contributed by atoms with Gasteiger partial charge < -0.3 is 25.4 Å². The predicted molar refractivity (Wildman–Crippen MR) is 143 cm³/mol. The minimum Gasteiger partial charge on any atom is -0.394 e. The number of aromatic nitrogens is 8. The second-order valence-corrected chi connectivity index (χ2v) is 9.81. The lowest BCUT2D eigenvalue weighted by atomic mass is 10.1. The lowest BCUT2D eigenvalue weighted by molar-refractivity contribution is -0.0384. The van der Waals surface area contributed by atoms with Crippen molar-refractivity contribution in [1.29, 1.82) is 0 Å². The number of anilines is 1. The molecule has 0 unspecified atom stereocenters. The first-order valence-corrected chi connectivity index (χ1v) is 13.0. The van der Waals surface area contributed by atoms with Crippen LogP contribution in [0, 0.1) is 0 Å². The number of benzene rings is 2. The molecule has 40 heavy (non-hydrogen) atoms. The van der Waals surface area contributed by atoms with Gasteiger partial charge in [-0.05, 0) is 34.4 Å². The second-order valence-electron chi connectivity index (χ2n) is 9.47. The molecule has 206 valence electrons. The Kier molecular flexibility index (Phi) is 7.36. The van der Waals surface area contributed by atoms with Gasteiger partial charge in [0.05, 0.1) is 25.5 Å². The quantitative estimate of drug-likeness (QED) is 0.192. The van der Waals surface area contributed by atoms with E-state index in [1.807, 2.05) is 60.7 Å². The van der Waals surface area contributed by atoms with E-state index in [1.165, 1.54) is 15.7 Å². The van der Waals surface area contributed by atoms with E-state index < -0.39 is 24.5 Å². The average Bonchev–Trinajstić information content (AvgIpc) is 3.67. The molecule has 4 N–H and O–H groups in total. The van der Waals surface area contributed by atoms with E-state index in [2.05, 4.69) is 35.7 Å². The van der Waals surface area contributed by atoms with Gasteiger partial charge in [0.15, 0.2) is 29.3 Å². The Hall–Kier alpha value is -4.01. The topological polar surface area (TPSA) is 169 Å². The molecule has 3 aromatic heterocycles. The van der Waals surface area contributed by atoms with Gasteiger partial charge in [-0.1, -0.05) is 60.7 Å². The molecule has 0 spiro atoms. The number of rotatable bonds is 9. The molecule has 4 heterocycles. The first-order chi connectivity index (χ1) is 19.5. The van der Waals surface area contributed by atoms with Crippen molar-refractivity contribution in [2.24, 2.45) is 0 Å². The van der Waals surface area contributed by atoms with Crippen LogP contribution in [-0.2, 0) is 17.7 Å². The fourth-order valence-electron chi connectivity index (χ4n) is 4.72. The van der Waals surface area contributed by atoms with Crippen molar-refractivity contribution >= 4 is 28.6 Å². The molecule has 0 radical (unpaired) electrons. The Labute approximate surface area is 233 Å². The van der Waals surface area contributed by atoms with Gasteiger partial charge in [0.1, 0.15) is 12.2 Å². The van der Waals surface area contributed by atoms with Crippen molar-refractivity contribution in [2.75, 3.05) is 11.9 Å². The van der Waals surface area contributed by atoms with Crippen molar-refractivity contribution in [3.8, 4) is 0 Å². The minimum atomic E-state index is -1.35. The van der Waals surface area contributed by atoms with Crippen LogP contribution in [-0.4, -0.2) is 79.9 Å². The van der Waals surface area contributed by atoms with Crippen LogP contribution in [0.15, 0.2) is 67.0 Å². The second kappa shape index (κ2) is 11.2. The minimum absolute atomic E-state index is 0.0664. The highest BCUT2D eigenvalue weighted by Crippen LogP contribution is 2.39. The largest absolute Gasteiger partial charge is 0.394 e. The van der Waals surface area contributed by atoms with Crippen molar-refractivity contribution in [3.63, 3.8) is 0 Å². The van der Waals surface area contributed by atoms with E-state index in [-0.39, 0.29) is 29.4 Å². The molecule has 2 aromatic carbocycles. The number of ether oxygens (including phenoxy) is 1. The summed E-state index contributed by atoms with van der Waals surface area (Å²) in [5.74, 6) is 0.454. The summed E-state index contributed by atoms with van der Waals surface area (Å²) in [6.45, 7) is 0.230. The van der Waals surface area contributed by atoms with E-state index in [0.29, 0.717) is 24.3 Å². The van der Waals surface area contributed by atoms with E-state index in [9.17, 15) is 15.3 Å². The molecule has 5 atom stereocenters. The Bertz CT molecular complexity index is 1580. The highest BCUT2D eigenvalue weighted by molar-refractivity contribution is 6.28. The smallest absolute Gasteiger partial charge is 0.226 e. The van der Waals surface area contributed by atoms with Gasteiger partial charge >= 0.3 is 0 Å². The molecule has 5 aromatic rings. The molecule has 1 aliphatic heterocycles. The zero-order valence-corrected chi connectivity index (χ0v) is 21.8. The lowest BCUT2D eigenvalue weighted by Crippen LogP contribution is -2.29. The van der Waals surface area contributed by atoms with E-state index in [0.717, 1.165) is 11.1 Å². The third kappa shape index (κ3) is 5.24. The van der Waals surface area contributed by atoms with Crippen LogP contribution in [0.5, 0.6) is 0 Å². The Balaban J connectivity index is 1.24. The fourth-order valence-corrected chi connectivity index (χ4v) is 4.88. The van der Waals surface area contributed by atoms with Crippen molar-refractivity contribution in [3.05, 3.63) is 89.2 Å². The monoisotopic (exact) mass is 563 g/mol. The van der Waals surface area contributed by atoms with Crippen LogP contribution in [0.25, 0.3) is 11.2 Å². The van der Waals surface area contributed by atoms with Crippen LogP contribution >= 0.6 is 11.6 Å². The molecular formula is C26H26ClN9O4. The number of nitrogens with zero attached hydrogens (tertiary/aromatic N) is 8. The SMILES string of the molecule is OC[C@H](Cc1ccccc1)Nc1nc(Cl)nc2c1ncn2[C@@H]1O[C@H](c2nnn(Cc3ccccc3)n2)[C@@H](O)[C@H]1O. The Morgan fingerprint density at radius 2 is 1.70 bits per heavy atom. The predicted octanol–water partition coefficient (Wildman–Crippen LogP) is 1.52.